The molecule has 0 radical (unpaired) electrons. The Bertz CT molecular complexity index is 870. The molecule has 0 saturated heterocycles. The van der Waals surface area contributed by atoms with E-state index >= 15 is 0 Å². The monoisotopic (exact) mass is 387 g/mol. The average molecular weight is 388 g/mol. The quantitative estimate of drug-likeness (QED) is 0.599. The van der Waals surface area contributed by atoms with E-state index in [1.807, 2.05) is 50.2 Å². The Kier molecular flexibility index (Phi) is 6.49. The van der Waals surface area contributed by atoms with E-state index < -0.39 is 0 Å². The first kappa shape index (κ1) is 19.0. The van der Waals surface area contributed by atoms with Gasteiger partial charge in [-0.3, -0.25) is 0 Å². The second-order valence-corrected chi connectivity index (χ2v) is 6.18. The maximum absolute atomic E-state index is 6.46. The lowest BCUT2D eigenvalue weighted by Gasteiger charge is -2.15. The standard InChI is InChI=1S/C19H22ClN5O2/c1-3-25-19(22-23-24-25)21-12-15-10-17(26-4-2)18(11-16(15)20)27-13-14-8-6-5-7-9-14/h5-11H,3-4,12-13H2,1-2H3,(H,21,22,24). The highest BCUT2D eigenvalue weighted by atomic mass is 35.5. The molecule has 0 bridgehead atoms. The smallest absolute Gasteiger partial charge is 0.243 e. The molecule has 0 aliphatic rings. The van der Waals surface area contributed by atoms with Gasteiger partial charge in [-0.1, -0.05) is 47.0 Å². The molecule has 0 atom stereocenters. The van der Waals surface area contributed by atoms with Gasteiger partial charge in [0.2, 0.25) is 5.95 Å². The van der Waals surface area contributed by atoms with Crippen LogP contribution in [0.15, 0.2) is 42.5 Å². The van der Waals surface area contributed by atoms with Gasteiger partial charge in [0.15, 0.2) is 11.5 Å². The van der Waals surface area contributed by atoms with Crippen LogP contribution in [-0.2, 0) is 19.7 Å². The van der Waals surface area contributed by atoms with Crippen LogP contribution in [0.1, 0.15) is 25.0 Å². The lowest BCUT2D eigenvalue weighted by molar-refractivity contribution is 0.269. The lowest BCUT2D eigenvalue weighted by atomic mass is 10.2. The zero-order chi connectivity index (χ0) is 19.1. The van der Waals surface area contributed by atoms with E-state index in [2.05, 4.69) is 20.8 Å². The van der Waals surface area contributed by atoms with E-state index in [0.29, 0.717) is 48.8 Å². The van der Waals surface area contributed by atoms with Gasteiger partial charge in [0.25, 0.3) is 0 Å². The predicted molar refractivity (Wildman–Crippen MR) is 104 cm³/mol. The van der Waals surface area contributed by atoms with E-state index in [4.69, 9.17) is 21.1 Å². The van der Waals surface area contributed by atoms with Crippen LogP contribution in [0.3, 0.4) is 0 Å². The Labute approximate surface area is 163 Å². The van der Waals surface area contributed by atoms with Gasteiger partial charge >= 0.3 is 0 Å². The summed E-state index contributed by atoms with van der Waals surface area (Å²) >= 11 is 6.46. The third-order valence-electron chi connectivity index (χ3n) is 3.92. The van der Waals surface area contributed by atoms with Crippen molar-refractivity contribution in [2.45, 2.75) is 33.5 Å². The first-order valence-electron chi connectivity index (χ1n) is 8.83. The van der Waals surface area contributed by atoms with Crippen LogP contribution < -0.4 is 14.8 Å². The van der Waals surface area contributed by atoms with Crippen molar-refractivity contribution in [1.29, 1.82) is 0 Å². The molecule has 142 valence electrons. The number of halogens is 1. The van der Waals surface area contributed by atoms with Crippen molar-refractivity contribution >= 4 is 17.5 Å². The maximum atomic E-state index is 6.46. The molecule has 2 aromatic carbocycles. The summed E-state index contributed by atoms with van der Waals surface area (Å²) in [5, 5.41) is 15.3. The number of aryl methyl sites for hydroxylation is 1. The second kappa shape index (κ2) is 9.23. The van der Waals surface area contributed by atoms with Crippen molar-refractivity contribution in [1.82, 2.24) is 20.2 Å². The van der Waals surface area contributed by atoms with Crippen molar-refractivity contribution in [2.24, 2.45) is 0 Å². The number of rotatable bonds is 9. The van der Waals surface area contributed by atoms with Crippen LogP contribution in [-0.4, -0.2) is 26.8 Å². The van der Waals surface area contributed by atoms with Crippen LogP contribution >= 0.6 is 11.6 Å². The van der Waals surface area contributed by atoms with Crippen molar-refractivity contribution in [2.75, 3.05) is 11.9 Å². The minimum atomic E-state index is 0.445. The number of anilines is 1. The van der Waals surface area contributed by atoms with Crippen LogP contribution in [0.4, 0.5) is 5.95 Å². The molecule has 0 aliphatic carbocycles. The van der Waals surface area contributed by atoms with Crippen LogP contribution in [0.25, 0.3) is 0 Å². The first-order valence-corrected chi connectivity index (χ1v) is 9.21. The third-order valence-corrected chi connectivity index (χ3v) is 4.27. The predicted octanol–water partition coefficient (Wildman–Crippen LogP) is 3.94. The molecule has 1 aromatic heterocycles. The Hall–Kier alpha value is -2.80. The fraction of sp³-hybridized carbons (Fsp3) is 0.316. The highest BCUT2D eigenvalue weighted by Crippen LogP contribution is 2.34. The Morgan fingerprint density at radius 3 is 2.59 bits per heavy atom. The molecule has 0 amide bonds. The van der Waals surface area contributed by atoms with E-state index in [0.717, 1.165) is 11.1 Å². The van der Waals surface area contributed by atoms with Gasteiger partial charge < -0.3 is 14.8 Å². The summed E-state index contributed by atoms with van der Waals surface area (Å²) in [6.45, 7) is 6.03. The molecule has 0 saturated carbocycles. The molecule has 0 unspecified atom stereocenters. The summed E-state index contributed by atoms with van der Waals surface area (Å²) < 4.78 is 13.4. The average Bonchev–Trinajstić information content (AvgIpc) is 3.15. The molecule has 1 heterocycles. The summed E-state index contributed by atoms with van der Waals surface area (Å²) in [5.74, 6) is 1.87. The van der Waals surface area contributed by atoms with E-state index in [1.54, 1.807) is 10.7 Å². The fourth-order valence-corrected chi connectivity index (χ4v) is 2.77. The van der Waals surface area contributed by atoms with Gasteiger partial charge in [-0.15, -0.1) is 0 Å². The topological polar surface area (TPSA) is 74.1 Å². The Morgan fingerprint density at radius 1 is 1.07 bits per heavy atom. The number of hydrogen-bond donors (Lipinski definition) is 1. The van der Waals surface area contributed by atoms with Gasteiger partial charge in [0.05, 0.1) is 6.61 Å². The number of nitrogens with zero attached hydrogens (tertiary/aromatic N) is 4. The van der Waals surface area contributed by atoms with Crippen molar-refractivity contribution in [3.05, 3.63) is 58.6 Å². The maximum Gasteiger partial charge on any atom is 0.243 e. The van der Waals surface area contributed by atoms with Crippen molar-refractivity contribution in [3.8, 4) is 11.5 Å². The number of nitrogens with one attached hydrogen (secondary N) is 1. The Morgan fingerprint density at radius 2 is 1.85 bits per heavy atom. The van der Waals surface area contributed by atoms with Crippen LogP contribution in [0.5, 0.6) is 11.5 Å². The molecule has 0 spiro atoms. The molecule has 3 rings (SSSR count). The van der Waals surface area contributed by atoms with E-state index in [-0.39, 0.29) is 0 Å². The lowest BCUT2D eigenvalue weighted by Crippen LogP contribution is -2.09. The SMILES string of the molecule is CCOc1cc(CNc2nnnn2CC)c(Cl)cc1OCc1ccccc1. The zero-order valence-corrected chi connectivity index (χ0v) is 16.1. The number of hydrogen-bond acceptors (Lipinski definition) is 6. The third kappa shape index (κ3) is 4.89. The second-order valence-electron chi connectivity index (χ2n) is 5.77. The minimum Gasteiger partial charge on any atom is -0.490 e. The minimum absolute atomic E-state index is 0.445. The molecule has 8 heteroatoms. The van der Waals surface area contributed by atoms with Crippen LogP contribution in [0, 0.1) is 0 Å². The number of ether oxygens (including phenoxy) is 2. The summed E-state index contributed by atoms with van der Waals surface area (Å²) in [4.78, 5) is 0. The summed E-state index contributed by atoms with van der Waals surface area (Å²) in [5.41, 5.74) is 1.95. The molecule has 27 heavy (non-hydrogen) atoms. The van der Waals surface area contributed by atoms with Crippen molar-refractivity contribution < 1.29 is 9.47 Å². The fourth-order valence-electron chi connectivity index (χ4n) is 2.55. The molecular formula is C19H22ClN5O2. The molecule has 0 aliphatic heterocycles. The molecule has 7 nitrogen and oxygen atoms in total. The number of benzene rings is 2. The van der Waals surface area contributed by atoms with E-state index in [1.165, 1.54) is 0 Å². The highest BCUT2D eigenvalue weighted by Gasteiger charge is 2.13. The zero-order valence-electron chi connectivity index (χ0n) is 15.4. The molecule has 1 N–H and O–H groups in total. The van der Waals surface area contributed by atoms with Crippen molar-refractivity contribution in [3.63, 3.8) is 0 Å². The summed E-state index contributed by atoms with van der Waals surface area (Å²) in [6.07, 6.45) is 0. The van der Waals surface area contributed by atoms with Gasteiger partial charge in [-0.25, -0.2) is 4.68 Å². The molecule has 3 aromatic rings. The van der Waals surface area contributed by atoms with Gasteiger partial charge in [-0.05, 0) is 41.5 Å². The van der Waals surface area contributed by atoms with Crippen LogP contribution in [0.2, 0.25) is 5.02 Å². The highest BCUT2D eigenvalue weighted by molar-refractivity contribution is 6.31. The Balaban J connectivity index is 1.74. The molecular weight excluding hydrogens is 366 g/mol. The normalized spacial score (nSPS) is 10.6. The van der Waals surface area contributed by atoms with Gasteiger partial charge in [0.1, 0.15) is 6.61 Å². The summed E-state index contributed by atoms with van der Waals surface area (Å²) in [6, 6.07) is 13.6. The van der Waals surface area contributed by atoms with E-state index in [9.17, 15) is 0 Å². The largest absolute Gasteiger partial charge is 0.490 e. The summed E-state index contributed by atoms with van der Waals surface area (Å²) in [7, 11) is 0. The molecule has 0 fully saturated rings. The number of tetrazole rings is 1. The number of aromatic nitrogens is 4. The van der Waals surface area contributed by atoms with Gasteiger partial charge in [-0.2, -0.15) is 0 Å². The van der Waals surface area contributed by atoms with Gasteiger partial charge in [0, 0.05) is 24.2 Å². The first-order chi connectivity index (χ1) is 13.2.